The van der Waals surface area contributed by atoms with Crippen LogP contribution in [0, 0.1) is 0 Å². The van der Waals surface area contributed by atoms with Gasteiger partial charge in [0.2, 0.25) is 5.91 Å². The lowest BCUT2D eigenvalue weighted by Crippen LogP contribution is -2.61. The highest BCUT2D eigenvalue weighted by atomic mass is 16.2. The molecule has 158 valence electrons. The van der Waals surface area contributed by atoms with Crippen molar-refractivity contribution in [1.29, 1.82) is 0 Å². The Bertz CT molecular complexity index is 876. The fraction of sp³-hybridized carbons (Fsp3) is 0.440. The van der Waals surface area contributed by atoms with Gasteiger partial charge in [-0.2, -0.15) is 0 Å². The fourth-order valence-electron chi connectivity index (χ4n) is 4.87. The van der Waals surface area contributed by atoms with Crippen LogP contribution in [0.2, 0.25) is 0 Å². The lowest BCUT2D eigenvalue weighted by Gasteiger charge is -2.46. The van der Waals surface area contributed by atoms with Crippen molar-refractivity contribution in [2.24, 2.45) is 0 Å². The van der Waals surface area contributed by atoms with Crippen LogP contribution in [0.25, 0.3) is 0 Å². The number of nitrogens with one attached hydrogen (secondary N) is 1. The summed E-state index contributed by atoms with van der Waals surface area (Å²) in [5.74, 6) is 0.265. The molecule has 30 heavy (non-hydrogen) atoms. The van der Waals surface area contributed by atoms with Crippen molar-refractivity contribution in [3.05, 3.63) is 71.8 Å². The summed E-state index contributed by atoms with van der Waals surface area (Å²) in [7, 11) is 0. The maximum atomic E-state index is 13.4. The molecular weight excluding hydrogens is 374 g/mol. The largest absolute Gasteiger partial charge is 0.338 e. The quantitative estimate of drug-likeness (QED) is 0.829. The molecule has 1 spiro atoms. The number of hydrogen-bond acceptors (Lipinski definition) is 3. The Morgan fingerprint density at radius 2 is 1.67 bits per heavy atom. The molecule has 1 N–H and O–H groups in total. The third-order valence-electron chi connectivity index (χ3n) is 6.65. The molecule has 2 aromatic rings. The molecule has 2 aromatic carbocycles. The summed E-state index contributed by atoms with van der Waals surface area (Å²) in [6.45, 7) is 5.57. The average Bonchev–Trinajstić information content (AvgIpc) is 3.05. The van der Waals surface area contributed by atoms with Crippen molar-refractivity contribution >= 4 is 11.8 Å². The van der Waals surface area contributed by atoms with E-state index in [4.69, 9.17) is 0 Å². The minimum atomic E-state index is -0.362. The molecular formula is C25H31N3O2. The SMILES string of the molecule is CC[C@@H](C)N1C(=O)[C@H](Cc2ccccc2)NC12CCN(C(=O)c1ccccc1)CC2. The Balaban J connectivity index is 1.51. The second kappa shape index (κ2) is 8.60. The van der Waals surface area contributed by atoms with Crippen LogP contribution in [0.1, 0.15) is 49.0 Å². The van der Waals surface area contributed by atoms with E-state index < -0.39 is 0 Å². The van der Waals surface area contributed by atoms with Gasteiger partial charge >= 0.3 is 0 Å². The van der Waals surface area contributed by atoms with Gasteiger partial charge in [-0.05, 0) is 37.5 Å². The van der Waals surface area contributed by atoms with Gasteiger partial charge in [0.25, 0.3) is 5.91 Å². The lowest BCUT2D eigenvalue weighted by atomic mass is 9.93. The summed E-state index contributed by atoms with van der Waals surface area (Å²) in [6, 6.07) is 19.6. The van der Waals surface area contributed by atoms with Gasteiger partial charge in [-0.25, -0.2) is 0 Å². The van der Waals surface area contributed by atoms with Crippen LogP contribution in [-0.2, 0) is 11.2 Å². The van der Waals surface area contributed by atoms with Crippen LogP contribution >= 0.6 is 0 Å². The number of rotatable bonds is 5. The summed E-state index contributed by atoms with van der Waals surface area (Å²) in [5.41, 5.74) is 1.53. The average molecular weight is 406 g/mol. The lowest BCUT2D eigenvalue weighted by molar-refractivity contribution is -0.136. The van der Waals surface area contributed by atoms with Crippen molar-refractivity contribution < 1.29 is 9.59 Å². The van der Waals surface area contributed by atoms with Crippen molar-refractivity contribution in [3.8, 4) is 0 Å². The minimum Gasteiger partial charge on any atom is -0.338 e. The van der Waals surface area contributed by atoms with Gasteiger partial charge in [0.15, 0.2) is 0 Å². The van der Waals surface area contributed by atoms with Crippen LogP contribution in [0.3, 0.4) is 0 Å². The molecule has 2 aliphatic heterocycles. The Labute approximate surface area is 179 Å². The van der Waals surface area contributed by atoms with Gasteiger partial charge in [-0.1, -0.05) is 55.5 Å². The van der Waals surface area contributed by atoms with Gasteiger partial charge in [0, 0.05) is 37.5 Å². The second-order valence-corrected chi connectivity index (χ2v) is 8.54. The molecule has 0 saturated carbocycles. The first-order chi connectivity index (χ1) is 14.5. The predicted octanol–water partition coefficient (Wildman–Crippen LogP) is 3.46. The summed E-state index contributed by atoms with van der Waals surface area (Å²) in [4.78, 5) is 30.3. The van der Waals surface area contributed by atoms with Gasteiger partial charge in [-0.3, -0.25) is 14.9 Å². The van der Waals surface area contributed by atoms with E-state index in [1.54, 1.807) is 0 Å². The number of piperidine rings is 1. The van der Waals surface area contributed by atoms with Crippen LogP contribution in [0.5, 0.6) is 0 Å². The fourth-order valence-corrected chi connectivity index (χ4v) is 4.87. The first-order valence-corrected chi connectivity index (χ1v) is 11.0. The molecule has 0 aromatic heterocycles. The van der Waals surface area contributed by atoms with E-state index in [0.717, 1.165) is 24.8 Å². The van der Waals surface area contributed by atoms with Crippen molar-refractivity contribution in [2.75, 3.05) is 13.1 Å². The number of hydrogen-bond donors (Lipinski definition) is 1. The molecule has 2 saturated heterocycles. The van der Waals surface area contributed by atoms with E-state index in [-0.39, 0.29) is 29.6 Å². The van der Waals surface area contributed by atoms with E-state index in [1.807, 2.05) is 53.4 Å². The third-order valence-corrected chi connectivity index (χ3v) is 6.65. The maximum absolute atomic E-state index is 13.4. The molecule has 0 unspecified atom stereocenters. The van der Waals surface area contributed by atoms with Crippen LogP contribution in [0.15, 0.2) is 60.7 Å². The highest BCUT2D eigenvalue weighted by molar-refractivity contribution is 5.94. The zero-order chi connectivity index (χ0) is 21.1. The normalized spacial score (nSPS) is 21.8. The Hall–Kier alpha value is -2.66. The number of likely N-dealkylation sites (tertiary alicyclic amines) is 1. The van der Waals surface area contributed by atoms with E-state index in [1.165, 1.54) is 5.56 Å². The van der Waals surface area contributed by atoms with Gasteiger partial charge in [0.1, 0.15) is 0 Å². The standard InChI is InChI=1S/C25H31N3O2/c1-3-19(2)28-24(30)22(18-20-10-6-4-7-11-20)26-25(28)14-16-27(17-15-25)23(29)21-12-8-5-9-13-21/h4-13,19,22,26H,3,14-18H2,1-2H3/t19-,22+/m1/s1. The Morgan fingerprint density at radius 1 is 1.07 bits per heavy atom. The number of carbonyl (C=O) groups is 2. The molecule has 0 bridgehead atoms. The molecule has 2 aliphatic rings. The van der Waals surface area contributed by atoms with E-state index in [0.29, 0.717) is 19.5 Å². The Morgan fingerprint density at radius 3 is 2.27 bits per heavy atom. The first kappa shape index (κ1) is 20.6. The van der Waals surface area contributed by atoms with Crippen LogP contribution in [0.4, 0.5) is 0 Å². The zero-order valence-electron chi connectivity index (χ0n) is 17.9. The smallest absolute Gasteiger partial charge is 0.253 e. The van der Waals surface area contributed by atoms with Crippen molar-refractivity contribution in [1.82, 2.24) is 15.1 Å². The predicted molar refractivity (Wildman–Crippen MR) is 118 cm³/mol. The van der Waals surface area contributed by atoms with Gasteiger partial charge in [0.05, 0.1) is 11.7 Å². The molecule has 5 heteroatoms. The minimum absolute atomic E-state index is 0.0747. The zero-order valence-corrected chi connectivity index (χ0v) is 17.9. The summed E-state index contributed by atoms with van der Waals surface area (Å²) in [5, 5.41) is 3.71. The summed E-state index contributed by atoms with van der Waals surface area (Å²) >= 11 is 0. The highest BCUT2D eigenvalue weighted by Crippen LogP contribution is 2.36. The monoisotopic (exact) mass is 405 g/mol. The number of amides is 2. The van der Waals surface area contributed by atoms with Crippen molar-refractivity contribution in [2.45, 2.75) is 57.3 Å². The molecule has 2 atom stereocenters. The van der Waals surface area contributed by atoms with Gasteiger partial charge in [-0.15, -0.1) is 0 Å². The topological polar surface area (TPSA) is 52.7 Å². The molecule has 2 fully saturated rings. The van der Waals surface area contributed by atoms with E-state index >= 15 is 0 Å². The summed E-state index contributed by atoms with van der Waals surface area (Å²) in [6.07, 6.45) is 3.13. The molecule has 0 radical (unpaired) electrons. The third kappa shape index (κ3) is 3.86. The highest BCUT2D eigenvalue weighted by Gasteiger charge is 2.52. The molecule has 4 rings (SSSR count). The van der Waals surface area contributed by atoms with E-state index in [9.17, 15) is 9.59 Å². The van der Waals surface area contributed by atoms with E-state index in [2.05, 4.69) is 36.2 Å². The van der Waals surface area contributed by atoms with Crippen LogP contribution in [-0.4, -0.2) is 52.5 Å². The van der Waals surface area contributed by atoms with Gasteiger partial charge < -0.3 is 9.80 Å². The Kier molecular flexibility index (Phi) is 5.91. The molecule has 5 nitrogen and oxygen atoms in total. The second-order valence-electron chi connectivity index (χ2n) is 8.54. The number of benzene rings is 2. The molecule has 0 aliphatic carbocycles. The summed E-state index contributed by atoms with van der Waals surface area (Å²) < 4.78 is 0. The number of carbonyl (C=O) groups excluding carboxylic acids is 2. The molecule has 2 amide bonds. The maximum Gasteiger partial charge on any atom is 0.253 e. The van der Waals surface area contributed by atoms with Crippen LogP contribution < -0.4 is 5.32 Å². The first-order valence-electron chi connectivity index (χ1n) is 11.0. The van der Waals surface area contributed by atoms with Crippen molar-refractivity contribution in [3.63, 3.8) is 0 Å². The number of nitrogens with zero attached hydrogens (tertiary/aromatic N) is 2. The molecule has 2 heterocycles.